The van der Waals surface area contributed by atoms with Gasteiger partial charge in [0.05, 0.1) is 0 Å². The van der Waals surface area contributed by atoms with Crippen molar-refractivity contribution < 1.29 is 4.74 Å². The second-order valence-corrected chi connectivity index (χ2v) is 12.2. The summed E-state index contributed by atoms with van der Waals surface area (Å²) in [6, 6.07) is 84.0. The van der Waals surface area contributed by atoms with E-state index in [9.17, 15) is 0 Å². The predicted octanol–water partition coefficient (Wildman–Crippen LogP) is 23.7. The molecule has 69 heavy (non-hydrogen) atoms. The molecule has 0 spiro atoms. The zero-order valence-corrected chi connectivity index (χ0v) is 49.9. The SMILES string of the molecule is CC.CC.CC.CC.CC.CC.CC.CC.CC(C)(C)C.CCC.COC.c1ccccc1.c1ccccc1.c1ccccc1.c1ccccc1.c1ccccc1.c1ccccc1.c1ccccc1. The maximum Gasteiger partial charge on any atom is 0.0351 e. The molecule has 0 fully saturated rings. The summed E-state index contributed by atoms with van der Waals surface area (Å²) in [6.07, 6.45) is 1.25. The highest BCUT2D eigenvalue weighted by atomic mass is 16.4. The normalized spacial score (nSPS) is 6.96. The Labute approximate surface area is 435 Å². The van der Waals surface area contributed by atoms with Gasteiger partial charge in [-0.2, -0.15) is 0 Å². The highest BCUT2D eigenvalue weighted by Gasteiger charge is 1.95. The summed E-state index contributed by atoms with van der Waals surface area (Å²) in [4.78, 5) is 0. The van der Waals surface area contributed by atoms with Crippen LogP contribution in [-0.4, -0.2) is 14.2 Å². The summed E-state index contributed by atoms with van der Waals surface area (Å²) < 4.78 is 4.25. The highest BCUT2D eigenvalue weighted by molar-refractivity contribution is 5.02. The second-order valence-electron chi connectivity index (χ2n) is 12.2. The van der Waals surface area contributed by atoms with Crippen molar-refractivity contribution in [2.75, 3.05) is 14.2 Å². The van der Waals surface area contributed by atoms with Crippen molar-refractivity contribution in [1.29, 1.82) is 0 Å². The molecule has 0 saturated carbocycles. The Bertz CT molecular complexity index is 936. The Morgan fingerprint density at radius 2 is 0.203 bits per heavy atom. The molecule has 0 bridgehead atoms. The molecule has 0 atom stereocenters. The van der Waals surface area contributed by atoms with E-state index >= 15 is 0 Å². The lowest BCUT2D eigenvalue weighted by Gasteiger charge is -2.05. The van der Waals surface area contributed by atoms with Gasteiger partial charge in [0.1, 0.15) is 0 Å². The van der Waals surface area contributed by atoms with Gasteiger partial charge in [0.2, 0.25) is 0 Å². The maximum absolute atomic E-state index is 4.25. The van der Waals surface area contributed by atoms with Crippen LogP contribution in [0.4, 0.5) is 0 Å². The maximum atomic E-state index is 4.25. The molecule has 7 aromatic carbocycles. The molecule has 0 aliphatic heterocycles. The monoisotopic (exact) mass is 949 g/mol. The lowest BCUT2D eigenvalue weighted by atomic mass is 10.0. The van der Waals surface area contributed by atoms with Crippen molar-refractivity contribution in [3.63, 3.8) is 0 Å². The van der Waals surface area contributed by atoms with Crippen LogP contribution in [0.5, 0.6) is 0 Å². The zero-order chi connectivity index (χ0) is 55.6. The van der Waals surface area contributed by atoms with Crippen LogP contribution in [0.1, 0.15) is 159 Å². The Hall–Kier alpha value is -5.50. The van der Waals surface area contributed by atoms with Crippen LogP contribution in [-0.2, 0) is 4.74 Å². The van der Waals surface area contributed by atoms with Crippen LogP contribution in [0.2, 0.25) is 0 Å². The fourth-order valence-corrected chi connectivity index (χ4v) is 2.69. The molecule has 0 heterocycles. The van der Waals surface area contributed by atoms with Gasteiger partial charge >= 0.3 is 0 Å². The first-order valence-corrected chi connectivity index (χ1v) is 26.2. The quantitative estimate of drug-likeness (QED) is 0.147. The number of rotatable bonds is 0. The lowest BCUT2D eigenvalue weighted by Crippen LogP contribution is -1.93. The minimum Gasteiger partial charge on any atom is -0.388 e. The van der Waals surface area contributed by atoms with E-state index in [0.717, 1.165) is 0 Å². The molecule has 7 rings (SSSR count). The van der Waals surface area contributed by atoms with E-state index in [-0.39, 0.29) is 0 Å². The van der Waals surface area contributed by atoms with Crippen LogP contribution in [0.15, 0.2) is 255 Å². The zero-order valence-electron chi connectivity index (χ0n) is 49.9. The third-order valence-corrected chi connectivity index (χ3v) is 4.67. The van der Waals surface area contributed by atoms with Gasteiger partial charge < -0.3 is 4.74 Å². The van der Waals surface area contributed by atoms with Gasteiger partial charge in [-0.1, -0.05) is 414 Å². The van der Waals surface area contributed by atoms with Gasteiger partial charge in [0.15, 0.2) is 0 Å². The van der Waals surface area contributed by atoms with Crippen LogP contribution in [0.3, 0.4) is 0 Å². The fourth-order valence-electron chi connectivity index (χ4n) is 2.69. The first-order valence-electron chi connectivity index (χ1n) is 26.2. The Morgan fingerprint density at radius 3 is 0.217 bits per heavy atom. The summed E-state index contributed by atoms with van der Waals surface area (Å²) in [6.45, 7) is 45.0. The largest absolute Gasteiger partial charge is 0.388 e. The van der Waals surface area contributed by atoms with E-state index in [0.29, 0.717) is 5.41 Å². The molecule has 0 saturated heterocycles. The van der Waals surface area contributed by atoms with E-state index in [2.05, 4.69) is 46.3 Å². The third-order valence-electron chi connectivity index (χ3n) is 4.67. The number of ether oxygens (including phenoxy) is 1. The number of methoxy groups -OCH3 is 1. The average Bonchev–Trinajstić information content (AvgIpc) is 3.47. The van der Waals surface area contributed by atoms with Gasteiger partial charge in [-0.05, 0) is 5.41 Å². The number of hydrogen-bond acceptors (Lipinski definition) is 1. The average molecular weight is 950 g/mol. The Balaban J connectivity index is -0.0000000586. The minimum absolute atomic E-state index is 0.500. The highest BCUT2D eigenvalue weighted by Crippen LogP contribution is 2.08. The fraction of sp³-hybridized carbons (Fsp3) is 0.382. The molecule has 1 nitrogen and oxygen atoms in total. The molecule has 394 valence electrons. The standard InChI is InChI=1S/7C6H6.C5H12.C3H8.C2H6O.8C2H6/c7*1-2-4-6-5-3-1;1-5(2,3)4;2*1-3-2;8*1-2/h7*1-6H;1-4H3;3H2,1-2H3;1-2H3;8*1-2H3. The van der Waals surface area contributed by atoms with Gasteiger partial charge in [0.25, 0.3) is 0 Å². The lowest BCUT2D eigenvalue weighted by molar-refractivity contribution is 0.277. The molecule has 0 radical (unpaired) electrons. The van der Waals surface area contributed by atoms with Crippen LogP contribution in [0, 0.1) is 5.41 Å². The van der Waals surface area contributed by atoms with Crippen molar-refractivity contribution in [3.05, 3.63) is 255 Å². The van der Waals surface area contributed by atoms with Gasteiger partial charge in [0, 0.05) is 14.2 Å². The summed E-state index contributed by atoms with van der Waals surface area (Å²) in [7, 11) is 3.25. The van der Waals surface area contributed by atoms with E-state index in [1.54, 1.807) is 14.2 Å². The van der Waals surface area contributed by atoms with Gasteiger partial charge in [-0.3, -0.25) is 0 Å². The summed E-state index contributed by atoms with van der Waals surface area (Å²) in [5, 5.41) is 0. The van der Waals surface area contributed by atoms with E-state index in [1.165, 1.54) is 6.42 Å². The molecular weight excluding hydrogens is 833 g/mol. The van der Waals surface area contributed by atoms with E-state index in [4.69, 9.17) is 0 Å². The molecule has 0 aliphatic carbocycles. The topological polar surface area (TPSA) is 9.23 Å². The van der Waals surface area contributed by atoms with Crippen molar-refractivity contribution in [2.45, 2.75) is 159 Å². The van der Waals surface area contributed by atoms with Gasteiger partial charge in [-0.15, -0.1) is 0 Å². The first kappa shape index (κ1) is 90.0. The minimum atomic E-state index is 0.500. The molecular formula is C68H116O. The molecule has 1 heteroatoms. The summed E-state index contributed by atoms with van der Waals surface area (Å²) >= 11 is 0. The molecule has 0 N–H and O–H groups in total. The Kier molecular flexibility index (Phi) is 156. The predicted molar refractivity (Wildman–Crippen MR) is 330 cm³/mol. The molecule has 7 aromatic rings. The first-order chi connectivity index (χ1) is 33.8. The molecule has 0 amide bonds. The smallest absolute Gasteiger partial charge is 0.0351 e. The van der Waals surface area contributed by atoms with Crippen molar-refractivity contribution >= 4 is 0 Å². The third kappa shape index (κ3) is 172. The second kappa shape index (κ2) is 119. The van der Waals surface area contributed by atoms with E-state index in [1.807, 2.05) is 366 Å². The van der Waals surface area contributed by atoms with Crippen molar-refractivity contribution in [1.82, 2.24) is 0 Å². The number of benzene rings is 7. The summed E-state index contributed by atoms with van der Waals surface area (Å²) in [5.74, 6) is 0. The van der Waals surface area contributed by atoms with E-state index < -0.39 is 0 Å². The number of hydrogen-bond donors (Lipinski definition) is 0. The van der Waals surface area contributed by atoms with Crippen LogP contribution in [0.25, 0.3) is 0 Å². The Morgan fingerprint density at radius 1 is 0.188 bits per heavy atom. The van der Waals surface area contributed by atoms with Crippen molar-refractivity contribution in [2.24, 2.45) is 5.41 Å². The van der Waals surface area contributed by atoms with Crippen molar-refractivity contribution in [3.8, 4) is 0 Å². The van der Waals surface area contributed by atoms with Gasteiger partial charge in [-0.25, -0.2) is 0 Å². The molecule has 0 unspecified atom stereocenters. The van der Waals surface area contributed by atoms with Crippen LogP contribution < -0.4 is 0 Å². The molecule has 0 aromatic heterocycles. The molecule has 0 aliphatic rings. The summed E-state index contributed by atoms with van der Waals surface area (Å²) in [5.41, 5.74) is 0.500. The van der Waals surface area contributed by atoms with Crippen LogP contribution >= 0.6 is 0 Å².